The van der Waals surface area contributed by atoms with Crippen molar-refractivity contribution in [1.29, 1.82) is 0 Å². The molecule has 143 valence electrons. The van der Waals surface area contributed by atoms with Gasteiger partial charge in [-0.2, -0.15) is 0 Å². The average Bonchev–Trinajstić information content (AvgIpc) is 2.35. The van der Waals surface area contributed by atoms with Gasteiger partial charge in [-0.25, -0.2) is 5.11 Å². The van der Waals surface area contributed by atoms with Gasteiger partial charge in [0, 0.05) is 0 Å². The maximum atomic E-state index is 14.3. The van der Waals surface area contributed by atoms with Crippen LogP contribution in [-0.4, -0.2) is 13.6 Å². The fourth-order valence-corrected chi connectivity index (χ4v) is 28.1. The number of alkyl halides is 15. The third kappa shape index (κ3) is 4.87. The highest BCUT2D eigenvalue weighted by atomic mass is 127. The van der Waals surface area contributed by atoms with Crippen molar-refractivity contribution in [3.8, 4) is 0 Å². The molecule has 0 atom stereocenters. The molecule has 1 aliphatic rings. The monoisotopic (exact) mass is 2020 g/mol. The van der Waals surface area contributed by atoms with E-state index in [1.807, 2.05) is 0 Å². The van der Waals surface area contributed by atoms with Crippen molar-refractivity contribution in [2.75, 3.05) is 0 Å². The van der Waals surface area contributed by atoms with E-state index in [9.17, 15) is 5.11 Å². The average molecular weight is 2020 g/mol. The summed E-state index contributed by atoms with van der Waals surface area (Å²) in [5.41, 5.74) is 0. The van der Waals surface area contributed by atoms with Crippen molar-refractivity contribution >= 4 is 339 Å². The zero-order valence-corrected chi connectivity index (χ0v) is 42.4. The van der Waals surface area contributed by atoms with Crippen LogP contribution in [0.4, 0.5) is 0 Å². The predicted octanol–water partition coefficient (Wildman–Crippen LogP) is 11.5. The van der Waals surface area contributed by atoms with Crippen molar-refractivity contribution in [3.05, 3.63) is 0 Å². The second-order valence-electron chi connectivity index (χ2n) is 4.62. The lowest BCUT2D eigenvalue weighted by Crippen LogP contribution is -2.76. The van der Waals surface area contributed by atoms with Crippen LogP contribution < -0.4 is 0 Å². The highest BCUT2D eigenvalue weighted by molar-refractivity contribution is 14.2. The molecule has 0 amide bonds. The van der Waals surface area contributed by atoms with Gasteiger partial charge in [-0.05, 0) is 22.6 Å². The Bertz CT molecular complexity index is 356. The number of halogens is 15. The van der Waals surface area contributed by atoms with Gasteiger partial charge in [0.15, 0.2) is 0 Å². The summed E-state index contributed by atoms with van der Waals surface area (Å²) in [6, 6.07) is 0. The first-order chi connectivity index (χ1) is 10.0. The van der Waals surface area contributed by atoms with Gasteiger partial charge in [0.1, 0.15) is 10.00 Å². The molecule has 1 radical (unpaired) electrons. The molecular weight excluding hydrogens is 2020 g/mol. The molecule has 1 saturated carbocycles. The molecule has 0 aliphatic heterocycles. The van der Waals surface area contributed by atoms with Gasteiger partial charge in [-0.1, -0.05) is 316 Å². The van der Waals surface area contributed by atoms with Crippen LogP contribution in [0, 0.1) is 0 Å². The maximum absolute atomic E-state index is 14.3. The van der Waals surface area contributed by atoms with Crippen molar-refractivity contribution in [2.45, 2.75) is 13.6 Å². The van der Waals surface area contributed by atoms with Crippen molar-refractivity contribution < 1.29 is 5.11 Å². The quantitative estimate of drug-likeness (QED) is 0.170. The van der Waals surface area contributed by atoms with Crippen molar-refractivity contribution in [3.63, 3.8) is 0 Å². The first-order valence-electron chi connectivity index (χ1n) is 5.04. The lowest BCUT2D eigenvalue weighted by atomic mass is 9.97. The predicted molar refractivity (Wildman–Crippen MR) is 233 cm³/mol. The maximum Gasteiger partial charge on any atom is 0.205 e. The summed E-state index contributed by atoms with van der Waals surface area (Å²) in [6.07, 6.45) is 0. The van der Waals surface area contributed by atoms with Gasteiger partial charge in [-0.3, -0.25) is 0 Å². The van der Waals surface area contributed by atoms with Crippen LogP contribution in [0.2, 0.25) is 0 Å². The molecule has 0 aromatic carbocycles. The van der Waals surface area contributed by atoms with E-state index in [1.165, 1.54) is 0 Å². The zero-order chi connectivity index (χ0) is 20.0. The minimum Gasteiger partial charge on any atom is -0.213 e. The van der Waals surface area contributed by atoms with Crippen molar-refractivity contribution in [2.24, 2.45) is 0 Å². The first-order valence-corrected chi connectivity index (χ1v) is 21.2. The second-order valence-corrected chi connectivity index (χ2v) is 43.2. The Balaban J connectivity index is 4.09. The lowest BCUT2D eigenvalue weighted by Gasteiger charge is -2.64. The number of rotatable bonds is 0. The van der Waals surface area contributed by atoms with Crippen LogP contribution >= 0.6 is 339 Å². The molecule has 16 heteroatoms. The van der Waals surface area contributed by atoms with E-state index in [2.05, 4.69) is 339 Å². The summed E-state index contributed by atoms with van der Waals surface area (Å²) >= 11 is 37.7. The Morgan fingerprint density at radius 2 is 0.417 bits per heavy atom. The molecule has 1 aliphatic carbocycles. The zero-order valence-electron chi connectivity index (χ0n) is 10.1. The highest BCUT2D eigenvalue weighted by Gasteiger charge is 2.84. The standard InChI is InChI=1S/C8I15O/c9-1(10)2(11,12)4(15,16)6(19,20)8(23,24)7(21,22)5(17,18)3(1,13)14. The molecule has 0 heterocycles. The minimum absolute atomic E-state index is 0.112. The topological polar surface area (TPSA) is 19.9 Å². The van der Waals surface area contributed by atoms with Gasteiger partial charge in [0.2, 0.25) is 3.61 Å². The van der Waals surface area contributed by atoms with Gasteiger partial charge < -0.3 is 0 Å². The van der Waals surface area contributed by atoms with Gasteiger partial charge in [-0.15, -0.1) is 0 Å². The number of hydrogen-bond donors (Lipinski definition) is 0. The smallest absolute Gasteiger partial charge is 0.205 e. The van der Waals surface area contributed by atoms with Gasteiger partial charge in [0.25, 0.3) is 0 Å². The van der Waals surface area contributed by atoms with Crippen LogP contribution in [0.15, 0.2) is 0 Å². The van der Waals surface area contributed by atoms with E-state index in [-0.39, 0.29) is 7.14 Å². The summed E-state index contributed by atoms with van der Waals surface area (Å²) in [4.78, 5) is 0. The molecule has 24 heavy (non-hydrogen) atoms. The third-order valence-electron chi connectivity index (χ3n) is 3.17. The molecule has 0 spiro atoms. The first kappa shape index (κ1) is 32.9. The number of hydrogen-bond acceptors (Lipinski definition) is 0. The molecule has 0 aromatic heterocycles. The summed E-state index contributed by atoms with van der Waals surface area (Å²) in [5.74, 6) is 0. The minimum atomic E-state index is -1.20. The van der Waals surface area contributed by atoms with E-state index < -0.39 is 6.46 Å². The van der Waals surface area contributed by atoms with Crippen molar-refractivity contribution in [1.82, 2.24) is 0 Å². The molecule has 0 unspecified atom stereocenters. The molecule has 0 bridgehead atoms. The summed E-state index contributed by atoms with van der Waals surface area (Å²) in [6.45, 7) is 0. The van der Waals surface area contributed by atoms with E-state index in [0.717, 1.165) is 0 Å². The molecule has 0 saturated heterocycles. The fraction of sp³-hybridized carbons (Fsp3) is 1.00. The summed E-state index contributed by atoms with van der Waals surface area (Å²) < 4.78 is -3.25. The Kier molecular flexibility index (Phi) is 14.5. The largest absolute Gasteiger partial charge is 0.213 e. The third-order valence-corrected chi connectivity index (χ3v) is 56.1. The SMILES string of the molecule is [O]C1(I)C(I)(I)C(I)(I)C(I)(I)C(I)(I)C(I)(I)C(I)(I)C1(I)I. The van der Waals surface area contributed by atoms with Gasteiger partial charge >= 0.3 is 0 Å². The van der Waals surface area contributed by atoms with Crippen LogP contribution in [0.25, 0.3) is 0 Å². The molecular formula is C8I15O. The second kappa shape index (κ2) is 10.6. The van der Waals surface area contributed by atoms with E-state index in [1.54, 1.807) is 0 Å². The van der Waals surface area contributed by atoms with Crippen LogP contribution in [-0.2, 0) is 5.11 Å². The summed E-state index contributed by atoms with van der Waals surface area (Å²) in [7, 11) is 0. The molecule has 1 fully saturated rings. The lowest BCUT2D eigenvalue weighted by molar-refractivity contribution is 0.0634. The summed E-state index contributed by atoms with van der Waals surface area (Å²) in [5, 5.41) is 14.3. The Hall–Kier alpha value is 10.9. The van der Waals surface area contributed by atoms with Crippen LogP contribution in [0.3, 0.4) is 0 Å². The van der Waals surface area contributed by atoms with Gasteiger partial charge in [0.05, 0.1) is 0 Å². The Morgan fingerprint density at radius 3 is 0.583 bits per heavy atom. The Morgan fingerprint density at radius 1 is 0.292 bits per heavy atom. The molecule has 1 rings (SSSR count). The Labute approximate surface area is 346 Å². The highest BCUT2D eigenvalue weighted by Crippen LogP contribution is 2.83. The fourth-order valence-electron chi connectivity index (χ4n) is 1.59. The van der Waals surface area contributed by atoms with E-state index in [0.29, 0.717) is 0 Å². The van der Waals surface area contributed by atoms with E-state index >= 15 is 0 Å². The molecule has 0 aromatic rings. The molecule has 1 nitrogen and oxygen atoms in total. The van der Waals surface area contributed by atoms with E-state index in [4.69, 9.17) is 0 Å². The van der Waals surface area contributed by atoms with Crippen LogP contribution in [0.5, 0.6) is 0 Å². The molecule has 0 N–H and O–H groups in total. The van der Waals surface area contributed by atoms with Crippen LogP contribution in [0.1, 0.15) is 0 Å². The normalized spacial score (nSPS) is 34.0.